The number of ether oxygens (including phenoxy) is 1. The van der Waals surface area contributed by atoms with Gasteiger partial charge in [0.25, 0.3) is 5.91 Å². The van der Waals surface area contributed by atoms with Gasteiger partial charge in [-0.2, -0.15) is 0 Å². The first-order chi connectivity index (χ1) is 14.2. The average molecular weight is 472 g/mol. The van der Waals surface area contributed by atoms with Gasteiger partial charge in [-0.1, -0.05) is 59.9 Å². The zero-order chi connectivity index (χ0) is 22.3. The second-order valence-corrected chi connectivity index (χ2v) is 8.31. The number of benzene rings is 2. The van der Waals surface area contributed by atoms with E-state index < -0.39 is 6.04 Å². The van der Waals surface area contributed by atoms with Crippen LogP contribution in [-0.2, 0) is 16.1 Å². The smallest absolute Gasteiger partial charge is 0.261 e. The molecule has 2 amide bonds. The summed E-state index contributed by atoms with van der Waals surface area (Å²) in [7, 11) is 0. The van der Waals surface area contributed by atoms with E-state index in [-0.39, 0.29) is 31.0 Å². The van der Waals surface area contributed by atoms with Gasteiger partial charge in [-0.3, -0.25) is 9.59 Å². The lowest BCUT2D eigenvalue weighted by Gasteiger charge is -2.31. The quantitative estimate of drug-likeness (QED) is 0.536. The molecule has 0 aliphatic heterocycles. The van der Waals surface area contributed by atoms with E-state index in [0.29, 0.717) is 27.2 Å². The molecule has 2 rings (SSSR count). The van der Waals surface area contributed by atoms with Crippen molar-refractivity contribution < 1.29 is 14.3 Å². The van der Waals surface area contributed by atoms with Crippen molar-refractivity contribution >= 4 is 46.6 Å². The molecule has 0 aliphatic carbocycles. The van der Waals surface area contributed by atoms with Crippen molar-refractivity contribution in [2.45, 2.75) is 45.8 Å². The maximum absolute atomic E-state index is 13.1. The van der Waals surface area contributed by atoms with E-state index in [0.717, 1.165) is 5.56 Å². The molecule has 0 aliphatic rings. The highest BCUT2D eigenvalue weighted by atomic mass is 35.5. The molecule has 1 atom stereocenters. The first kappa shape index (κ1) is 24.3. The van der Waals surface area contributed by atoms with Crippen molar-refractivity contribution in [1.29, 1.82) is 0 Å². The molecule has 162 valence electrons. The van der Waals surface area contributed by atoms with E-state index in [2.05, 4.69) is 5.32 Å². The summed E-state index contributed by atoms with van der Waals surface area (Å²) in [5.74, 6) is -0.240. The van der Waals surface area contributed by atoms with Crippen LogP contribution in [0.1, 0.15) is 32.8 Å². The van der Waals surface area contributed by atoms with Crippen LogP contribution in [0.15, 0.2) is 42.5 Å². The lowest BCUT2D eigenvalue weighted by Crippen LogP contribution is -2.51. The summed E-state index contributed by atoms with van der Waals surface area (Å²) in [5, 5.41) is 4.17. The molecule has 2 aromatic carbocycles. The maximum Gasteiger partial charge on any atom is 0.261 e. The third-order valence-corrected chi connectivity index (χ3v) is 5.26. The van der Waals surface area contributed by atoms with E-state index in [1.807, 2.05) is 39.0 Å². The van der Waals surface area contributed by atoms with Gasteiger partial charge in [0.1, 0.15) is 11.8 Å². The number of nitrogens with zero attached hydrogens (tertiary/aromatic N) is 1. The largest absolute Gasteiger partial charge is 0.482 e. The topological polar surface area (TPSA) is 58.6 Å². The Kier molecular flexibility index (Phi) is 9.28. The minimum Gasteiger partial charge on any atom is -0.482 e. The Hall–Kier alpha value is -1.95. The van der Waals surface area contributed by atoms with Gasteiger partial charge in [-0.05, 0) is 50.1 Å². The lowest BCUT2D eigenvalue weighted by atomic mass is 10.1. The summed E-state index contributed by atoms with van der Waals surface area (Å²) >= 11 is 18.3. The molecule has 0 unspecified atom stereocenters. The molecule has 30 heavy (non-hydrogen) atoms. The normalized spacial score (nSPS) is 11.8. The molecule has 8 heteroatoms. The van der Waals surface area contributed by atoms with Gasteiger partial charge in [0.15, 0.2) is 6.61 Å². The van der Waals surface area contributed by atoms with Crippen LogP contribution in [0.4, 0.5) is 0 Å². The highest BCUT2D eigenvalue weighted by Crippen LogP contribution is 2.28. The van der Waals surface area contributed by atoms with Gasteiger partial charge in [0.2, 0.25) is 5.91 Å². The molecular formula is C22H25Cl3N2O3. The van der Waals surface area contributed by atoms with Crippen LogP contribution < -0.4 is 10.1 Å². The second kappa shape index (κ2) is 11.4. The number of amides is 2. The molecule has 0 saturated carbocycles. The number of carbonyl (C=O) groups excluding carboxylic acids is 2. The van der Waals surface area contributed by atoms with Gasteiger partial charge in [0.05, 0.1) is 5.02 Å². The lowest BCUT2D eigenvalue weighted by molar-refractivity contribution is -0.143. The monoisotopic (exact) mass is 470 g/mol. The molecular weight excluding hydrogens is 447 g/mol. The number of rotatable bonds is 9. The SMILES string of the molecule is CC[C@@H](C(=O)NC(C)C)N(Cc1ccccc1Cl)C(=O)COc1ccc(Cl)cc1Cl. The third kappa shape index (κ3) is 6.79. The molecule has 0 saturated heterocycles. The van der Waals surface area contributed by atoms with Crippen LogP contribution >= 0.6 is 34.8 Å². The Morgan fingerprint density at radius 2 is 1.77 bits per heavy atom. The van der Waals surface area contributed by atoms with E-state index in [1.165, 1.54) is 11.0 Å². The van der Waals surface area contributed by atoms with Crippen LogP contribution in [0.5, 0.6) is 5.75 Å². The summed E-state index contributed by atoms with van der Waals surface area (Å²) in [5.41, 5.74) is 0.743. The Morgan fingerprint density at radius 3 is 2.37 bits per heavy atom. The molecule has 0 heterocycles. The van der Waals surface area contributed by atoms with E-state index in [1.54, 1.807) is 18.2 Å². The molecule has 0 spiro atoms. The molecule has 0 bridgehead atoms. The Bertz CT molecular complexity index is 890. The van der Waals surface area contributed by atoms with E-state index >= 15 is 0 Å². The fourth-order valence-corrected chi connectivity index (χ4v) is 3.58. The molecule has 0 aromatic heterocycles. The van der Waals surface area contributed by atoms with Gasteiger partial charge in [-0.15, -0.1) is 0 Å². The van der Waals surface area contributed by atoms with E-state index in [4.69, 9.17) is 39.5 Å². The van der Waals surface area contributed by atoms with Gasteiger partial charge in [0, 0.05) is 22.6 Å². The first-order valence-corrected chi connectivity index (χ1v) is 10.8. The van der Waals surface area contributed by atoms with Crippen LogP contribution in [-0.4, -0.2) is 35.4 Å². The van der Waals surface area contributed by atoms with Gasteiger partial charge < -0.3 is 15.0 Å². The molecule has 0 radical (unpaired) electrons. The van der Waals surface area contributed by atoms with Crippen LogP contribution in [0.3, 0.4) is 0 Å². The zero-order valence-corrected chi connectivity index (χ0v) is 19.4. The standard InChI is InChI=1S/C22H25Cl3N2O3/c1-4-19(22(29)26-14(2)3)27(12-15-7-5-6-8-17(15)24)21(28)13-30-20-10-9-16(23)11-18(20)25/h5-11,14,19H,4,12-13H2,1-3H3,(H,26,29)/t19-/m0/s1. The van der Waals surface area contributed by atoms with E-state index in [9.17, 15) is 9.59 Å². The summed E-state index contributed by atoms with van der Waals surface area (Å²) in [4.78, 5) is 27.4. The summed E-state index contributed by atoms with van der Waals surface area (Å²) in [6.45, 7) is 5.50. The zero-order valence-electron chi connectivity index (χ0n) is 17.1. The fraction of sp³-hybridized carbons (Fsp3) is 0.364. The Morgan fingerprint density at radius 1 is 1.07 bits per heavy atom. The number of nitrogens with one attached hydrogen (secondary N) is 1. The summed E-state index contributed by atoms with van der Waals surface area (Å²) in [6.07, 6.45) is 0.441. The number of carbonyl (C=O) groups is 2. The fourth-order valence-electron chi connectivity index (χ4n) is 2.93. The minimum absolute atomic E-state index is 0.0482. The van der Waals surface area contributed by atoms with Crippen molar-refractivity contribution in [3.8, 4) is 5.75 Å². The average Bonchev–Trinajstić information content (AvgIpc) is 2.67. The van der Waals surface area contributed by atoms with Gasteiger partial charge >= 0.3 is 0 Å². The highest BCUT2D eigenvalue weighted by Gasteiger charge is 2.29. The predicted molar refractivity (Wildman–Crippen MR) is 121 cm³/mol. The number of halogens is 3. The summed E-state index contributed by atoms with van der Waals surface area (Å²) in [6, 6.07) is 11.3. The molecule has 1 N–H and O–H groups in total. The van der Waals surface area contributed by atoms with Crippen molar-refractivity contribution in [2.75, 3.05) is 6.61 Å². The first-order valence-electron chi connectivity index (χ1n) is 9.64. The van der Waals surface area contributed by atoms with Crippen LogP contribution in [0, 0.1) is 0 Å². The Labute approximate surface area is 192 Å². The Balaban J connectivity index is 2.25. The second-order valence-electron chi connectivity index (χ2n) is 7.06. The summed E-state index contributed by atoms with van der Waals surface area (Å²) < 4.78 is 5.61. The maximum atomic E-state index is 13.1. The van der Waals surface area contributed by atoms with Crippen LogP contribution in [0.25, 0.3) is 0 Å². The van der Waals surface area contributed by atoms with Crippen LogP contribution in [0.2, 0.25) is 15.1 Å². The van der Waals surface area contributed by atoms with Crippen molar-refractivity contribution in [3.05, 3.63) is 63.1 Å². The molecule has 0 fully saturated rings. The highest BCUT2D eigenvalue weighted by molar-refractivity contribution is 6.35. The third-order valence-electron chi connectivity index (χ3n) is 4.36. The number of hydrogen-bond acceptors (Lipinski definition) is 3. The van der Waals surface area contributed by atoms with Crippen molar-refractivity contribution in [2.24, 2.45) is 0 Å². The molecule has 2 aromatic rings. The van der Waals surface area contributed by atoms with Crippen molar-refractivity contribution in [3.63, 3.8) is 0 Å². The minimum atomic E-state index is -0.666. The van der Waals surface area contributed by atoms with Crippen molar-refractivity contribution in [1.82, 2.24) is 10.2 Å². The predicted octanol–water partition coefficient (Wildman–Crippen LogP) is 5.36. The van der Waals surface area contributed by atoms with Gasteiger partial charge in [-0.25, -0.2) is 0 Å². The number of hydrogen-bond donors (Lipinski definition) is 1. The molecule has 5 nitrogen and oxygen atoms in total.